The van der Waals surface area contributed by atoms with E-state index in [1.54, 1.807) is 13.0 Å². The van der Waals surface area contributed by atoms with E-state index in [4.69, 9.17) is 4.74 Å². The summed E-state index contributed by atoms with van der Waals surface area (Å²) in [6.45, 7) is 5.67. The van der Waals surface area contributed by atoms with E-state index in [0.29, 0.717) is 12.2 Å². The third-order valence-corrected chi connectivity index (χ3v) is 3.03. The molecule has 94 valence electrons. The third-order valence-electron chi connectivity index (χ3n) is 3.03. The van der Waals surface area contributed by atoms with Gasteiger partial charge in [0.25, 0.3) is 0 Å². The highest BCUT2D eigenvalue weighted by Gasteiger charge is 2.22. The molecule has 1 aromatic rings. The van der Waals surface area contributed by atoms with Crippen LogP contribution in [0.15, 0.2) is 18.2 Å². The quantitative estimate of drug-likeness (QED) is 0.858. The van der Waals surface area contributed by atoms with Crippen molar-refractivity contribution in [1.29, 1.82) is 0 Å². The molecule has 4 heteroatoms. The number of rotatable bonds is 2. The molecule has 1 heterocycles. The smallest absolute Gasteiger partial charge is 0.131 e. The van der Waals surface area contributed by atoms with E-state index >= 15 is 0 Å². The second-order valence-corrected chi connectivity index (χ2v) is 4.48. The number of aliphatic hydroxyl groups excluding tert-OH is 1. The Hall–Kier alpha value is -1.13. The molecule has 0 aliphatic carbocycles. The van der Waals surface area contributed by atoms with Gasteiger partial charge in [-0.05, 0) is 26.0 Å². The normalized spacial score (nSPS) is 22.6. The summed E-state index contributed by atoms with van der Waals surface area (Å²) in [5.74, 6) is -0.350. The third kappa shape index (κ3) is 2.58. The van der Waals surface area contributed by atoms with Crippen molar-refractivity contribution in [2.75, 3.05) is 24.6 Å². The first-order chi connectivity index (χ1) is 8.09. The summed E-state index contributed by atoms with van der Waals surface area (Å²) < 4.78 is 19.2. The Morgan fingerprint density at radius 1 is 1.53 bits per heavy atom. The fourth-order valence-electron chi connectivity index (χ4n) is 2.25. The van der Waals surface area contributed by atoms with Crippen LogP contribution in [0.3, 0.4) is 0 Å². The van der Waals surface area contributed by atoms with Gasteiger partial charge in [-0.3, -0.25) is 0 Å². The summed E-state index contributed by atoms with van der Waals surface area (Å²) in [4.78, 5) is 2.07. The maximum atomic E-state index is 13.7. The van der Waals surface area contributed by atoms with Gasteiger partial charge >= 0.3 is 0 Å². The van der Waals surface area contributed by atoms with Gasteiger partial charge in [0, 0.05) is 24.3 Å². The first kappa shape index (κ1) is 12.3. The lowest BCUT2D eigenvalue weighted by molar-refractivity contribution is 0.0529. The van der Waals surface area contributed by atoms with Gasteiger partial charge in [0.15, 0.2) is 0 Å². The number of benzene rings is 1. The van der Waals surface area contributed by atoms with E-state index in [1.165, 1.54) is 6.07 Å². The van der Waals surface area contributed by atoms with Gasteiger partial charge in [-0.15, -0.1) is 0 Å². The molecular weight excluding hydrogens is 221 g/mol. The molecule has 0 radical (unpaired) electrons. The summed E-state index contributed by atoms with van der Waals surface area (Å²) in [6, 6.07) is 4.91. The van der Waals surface area contributed by atoms with Crippen molar-refractivity contribution in [3.8, 4) is 0 Å². The zero-order valence-electron chi connectivity index (χ0n) is 10.2. The van der Waals surface area contributed by atoms with Gasteiger partial charge in [0.05, 0.1) is 18.8 Å². The van der Waals surface area contributed by atoms with Crippen LogP contribution in [0.5, 0.6) is 0 Å². The molecule has 1 saturated heterocycles. The van der Waals surface area contributed by atoms with E-state index in [1.807, 2.05) is 13.0 Å². The van der Waals surface area contributed by atoms with Crippen LogP contribution in [0.2, 0.25) is 0 Å². The van der Waals surface area contributed by atoms with E-state index in [2.05, 4.69) is 4.90 Å². The van der Waals surface area contributed by atoms with Crippen molar-refractivity contribution in [3.05, 3.63) is 29.6 Å². The number of morpholine rings is 1. The van der Waals surface area contributed by atoms with Gasteiger partial charge in [0.2, 0.25) is 0 Å². The fraction of sp³-hybridized carbons (Fsp3) is 0.538. The second-order valence-electron chi connectivity index (χ2n) is 4.48. The largest absolute Gasteiger partial charge is 0.389 e. The molecule has 1 aromatic carbocycles. The molecule has 2 rings (SSSR count). The number of halogens is 1. The molecule has 2 atom stereocenters. The van der Waals surface area contributed by atoms with Gasteiger partial charge in [-0.1, -0.05) is 6.07 Å². The Labute approximate surface area is 101 Å². The molecule has 0 bridgehead atoms. The number of ether oxygens (including phenoxy) is 1. The number of hydrogen-bond acceptors (Lipinski definition) is 3. The Balaban J connectivity index is 2.34. The monoisotopic (exact) mass is 239 g/mol. The van der Waals surface area contributed by atoms with Crippen LogP contribution >= 0.6 is 0 Å². The van der Waals surface area contributed by atoms with Crippen LogP contribution in [0.25, 0.3) is 0 Å². The Morgan fingerprint density at radius 2 is 2.29 bits per heavy atom. The molecule has 1 N–H and O–H groups in total. The minimum absolute atomic E-state index is 0.133. The summed E-state index contributed by atoms with van der Waals surface area (Å²) in [7, 11) is 0. The van der Waals surface area contributed by atoms with Crippen molar-refractivity contribution < 1.29 is 14.2 Å². The van der Waals surface area contributed by atoms with Crippen molar-refractivity contribution in [1.82, 2.24) is 0 Å². The zero-order chi connectivity index (χ0) is 12.4. The maximum absolute atomic E-state index is 13.7. The van der Waals surface area contributed by atoms with Crippen LogP contribution in [0.4, 0.5) is 10.1 Å². The van der Waals surface area contributed by atoms with Crippen molar-refractivity contribution in [2.24, 2.45) is 0 Å². The highest BCUT2D eigenvalue weighted by Crippen LogP contribution is 2.29. The lowest BCUT2D eigenvalue weighted by Gasteiger charge is -2.34. The predicted molar refractivity (Wildman–Crippen MR) is 64.7 cm³/mol. The minimum Gasteiger partial charge on any atom is -0.389 e. The average Bonchev–Trinajstić information content (AvgIpc) is 2.28. The van der Waals surface area contributed by atoms with Crippen LogP contribution in [-0.4, -0.2) is 30.9 Å². The lowest BCUT2D eigenvalue weighted by atomic mass is 10.1. The number of hydrogen-bond donors (Lipinski definition) is 1. The lowest BCUT2D eigenvalue weighted by Crippen LogP contribution is -2.41. The molecule has 3 nitrogen and oxygen atoms in total. The first-order valence-corrected chi connectivity index (χ1v) is 5.92. The number of nitrogens with zero attached hydrogens (tertiary/aromatic N) is 1. The highest BCUT2D eigenvalue weighted by atomic mass is 19.1. The Kier molecular flexibility index (Phi) is 3.64. The zero-order valence-corrected chi connectivity index (χ0v) is 10.2. The summed E-state index contributed by atoms with van der Waals surface area (Å²) in [5, 5.41) is 9.68. The molecule has 1 aliphatic rings. The van der Waals surface area contributed by atoms with Crippen LogP contribution in [0, 0.1) is 5.82 Å². The second kappa shape index (κ2) is 5.02. The molecule has 0 saturated carbocycles. The minimum atomic E-state index is -0.802. The van der Waals surface area contributed by atoms with Gasteiger partial charge in [0.1, 0.15) is 5.82 Å². The van der Waals surface area contributed by atoms with E-state index < -0.39 is 6.10 Å². The van der Waals surface area contributed by atoms with Crippen LogP contribution < -0.4 is 4.90 Å². The Bertz CT molecular complexity index is 395. The first-order valence-electron chi connectivity index (χ1n) is 5.92. The number of aliphatic hydroxyl groups is 1. The van der Waals surface area contributed by atoms with Gasteiger partial charge in [-0.25, -0.2) is 4.39 Å². The van der Waals surface area contributed by atoms with E-state index in [9.17, 15) is 9.50 Å². The van der Waals surface area contributed by atoms with Gasteiger partial charge in [-0.2, -0.15) is 0 Å². The molecule has 0 amide bonds. The average molecular weight is 239 g/mol. The van der Waals surface area contributed by atoms with Crippen molar-refractivity contribution in [2.45, 2.75) is 26.1 Å². The Morgan fingerprint density at radius 3 is 2.94 bits per heavy atom. The molecule has 17 heavy (non-hydrogen) atoms. The molecule has 1 aliphatic heterocycles. The van der Waals surface area contributed by atoms with Crippen LogP contribution in [-0.2, 0) is 4.74 Å². The summed E-state index contributed by atoms with van der Waals surface area (Å²) in [6.07, 6.45) is -0.668. The summed E-state index contributed by atoms with van der Waals surface area (Å²) >= 11 is 0. The molecule has 0 aromatic heterocycles. The maximum Gasteiger partial charge on any atom is 0.131 e. The standard InChI is InChI=1S/C13H18FNO2/c1-9-8-15(6-7-17-9)12-5-3-4-11(14)13(12)10(2)16/h3-5,9-10,16H,6-8H2,1-2H3/t9?,10-/m0/s1. The topological polar surface area (TPSA) is 32.7 Å². The van der Waals surface area contributed by atoms with Crippen molar-refractivity contribution >= 4 is 5.69 Å². The molecule has 0 spiro atoms. The highest BCUT2D eigenvalue weighted by molar-refractivity contribution is 5.55. The van der Waals surface area contributed by atoms with Crippen molar-refractivity contribution in [3.63, 3.8) is 0 Å². The van der Waals surface area contributed by atoms with Gasteiger partial charge < -0.3 is 14.7 Å². The van der Waals surface area contributed by atoms with Crippen LogP contribution in [0.1, 0.15) is 25.5 Å². The number of anilines is 1. The van der Waals surface area contributed by atoms with E-state index in [-0.39, 0.29) is 11.9 Å². The SMILES string of the molecule is CC1CN(c2cccc(F)c2[C@H](C)O)CCO1. The summed E-state index contributed by atoms with van der Waals surface area (Å²) in [5.41, 5.74) is 1.15. The van der Waals surface area contributed by atoms with E-state index in [0.717, 1.165) is 18.8 Å². The predicted octanol–water partition coefficient (Wildman–Crippen LogP) is 2.10. The molecule has 1 unspecified atom stereocenters. The fourth-order valence-corrected chi connectivity index (χ4v) is 2.25. The molecule has 1 fully saturated rings. The molecular formula is C13H18FNO2.